The Morgan fingerprint density at radius 2 is 1.71 bits per heavy atom. The first kappa shape index (κ1) is 10.2. The number of hydrogen-bond acceptors (Lipinski definition) is 2. The second kappa shape index (κ2) is 4.37. The normalized spacial score (nSPS) is 9.43. The van der Waals surface area contributed by atoms with Crippen molar-refractivity contribution in [3.63, 3.8) is 0 Å². The lowest BCUT2D eigenvalue weighted by molar-refractivity contribution is 0.0986. The van der Waals surface area contributed by atoms with Crippen molar-refractivity contribution in [3.8, 4) is 0 Å². The van der Waals surface area contributed by atoms with Gasteiger partial charge < -0.3 is 5.73 Å². The van der Waals surface area contributed by atoms with Crippen molar-refractivity contribution in [2.75, 3.05) is 0 Å². The standard InChI is InChI=1S/C11H11NO2/c1-2-3-10(13)8-4-6-9(7-5-8)11(12)14/h2,4-7H,1,3H2,(H2,12,14). The molecule has 14 heavy (non-hydrogen) atoms. The Labute approximate surface area is 82.2 Å². The molecule has 1 amide bonds. The topological polar surface area (TPSA) is 60.2 Å². The van der Waals surface area contributed by atoms with Crippen molar-refractivity contribution in [1.29, 1.82) is 0 Å². The maximum absolute atomic E-state index is 11.3. The summed E-state index contributed by atoms with van der Waals surface area (Å²) in [5.41, 5.74) is 6.03. The van der Waals surface area contributed by atoms with Crippen LogP contribution in [0.3, 0.4) is 0 Å². The Morgan fingerprint density at radius 1 is 1.21 bits per heavy atom. The van der Waals surface area contributed by atoms with Gasteiger partial charge in [-0.1, -0.05) is 18.2 Å². The second-order valence-electron chi connectivity index (χ2n) is 2.86. The number of carbonyl (C=O) groups excluding carboxylic acids is 2. The average molecular weight is 189 g/mol. The van der Waals surface area contributed by atoms with Crippen molar-refractivity contribution in [2.45, 2.75) is 6.42 Å². The lowest BCUT2D eigenvalue weighted by atomic mass is 10.1. The molecule has 0 radical (unpaired) electrons. The monoisotopic (exact) mass is 189 g/mol. The Hall–Kier alpha value is -1.90. The number of carbonyl (C=O) groups is 2. The van der Waals surface area contributed by atoms with Gasteiger partial charge in [-0.2, -0.15) is 0 Å². The van der Waals surface area contributed by atoms with Gasteiger partial charge >= 0.3 is 0 Å². The number of benzene rings is 1. The summed E-state index contributed by atoms with van der Waals surface area (Å²) in [6.45, 7) is 3.48. The Balaban J connectivity index is 2.88. The highest BCUT2D eigenvalue weighted by atomic mass is 16.1. The molecule has 0 saturated carbocycles. The first-order valence-corrected chi connectivity index (χ1v) is 4.19. The molecular formula is C11H11NO2. The van der Waals surface area contributed by atoms with Crippen molar-refractivity contribution in [2.24, 2.45) is 5.73 Å². The number of hydrogen-bond donors (Lipinski definition) is 1. The van der Waals surface area contributed by atoms with Gasteiger partial charge in [0, 0.05) is 17.5 Å². The summed E-state index contributed by atoms with van der Waals surface area (Å²) in [5, 5.41) is 0. The molecule has 0 heterocycles. The van der Waals surface area contributed by atoms with Crippen molar-refractivity contribution in [1.82, 2.24) is 0 Å². The van der Waals surface area contributed by atoms with Crippen LogP contribution in [0.25, 0.3) is 0 Å². The number of amides is 1. The predicted molar refractivity (Wildman–Crippen MR) is 54.1 cm³/mol. The van der Waals surface area contributed by atoms with E-state index in [4.69, 9.17) is 5.73 Å². The molecule has 2 N–H and O–H groups in total. The zero-order valence-corrected chi connectivity index (χ0v) is 7.69. The predicted octanol–water partition coefficient (Wildman–Crippen LogP) is 1.54. The largest absolute Gasteiger partial charge is 0.366 e. The minimum atomic E-state index is -0.493. The summed E-state index contributed by atoms with van der Waals surface area (Å²) in [5.74, 6) is -0.510. The molecule has 0 aliphatic heterocycles. The highest BCUT2D eigenvalue weighted by molar-refractivity contribution is 5.98. The molecule has 0 fully saturated rings. The van der Waals surface area contributed by atoms with Crippen LogP contribution in [0.15, 0.2) is 36.9 Å². The molecule has 0 unspecified atom stereocenters. The van der Waals surface area contributed by atoms with Crippen LogP contribution in [0, 0.1) is 0 Å². The van der Waals surface area contributed by atoms with E-state index in [0.29, 0.717) is 17.5 Å². The van der Waals surface area contributed by atoms with Gasteiger partial charge in [-0.3, -0.25) is 9.59 Å². The van der Waals surface area contributed by atoms with E-state index < -0.39 is 5.91 Å². The third kappa shape index (κ3) is 2.29. The first-order chi connectivity index (χ1) is 6.65. The molecule has 1 aromatic carbocycles. The van der Waals surface area contributed by atoms with Gasteiger partial charge in [0.05, 0.1) is 0 Å². The molecule has 0 atom stereocenters. The fourth-order valence-electron chi connectivity index (χ4n) is 1.07. The Kier molecular flexibility index (Phi) is 3.18. The molecule has 0 aromatic heterocycles. The highest BCUT2D eigenvalue weighted by Crippen LogP contribution is 2.06. The fourth-order valence-corrected chi connectivity index (χ4v) is 1.07. The van der Waals surface area contributed by atoms with Gasteiger partial charge in [-0.15, -0.1) is 6.58 Å². The van der Waals surface area contributed by atoms with Crippen molar-refractivity contribution < 1.29 is 9.59 Å². The van der Waals surface area contributed by atoms with Crippen molar-refractivity contribution >= 4 is 11.7 Å². The Bertz CT molecular complexity index is 365. The summed E-state index contributed by atoms with van der Waals surface area (Å²) in [7, 11) is 0. The molecule has 3 nitrogen and oxygen atoms in total. The number of primary amides is 1. The van der Waals surface area contributed by atoms with Gasteiger partial charge in [0.15, 0.2) is 5.78 Å². The molecular weight excluding hydrogens is 178 g/mol. The third-order valence-corrected chi connectivity index (χ3v) is 1.82. The SMILES string of the molecule is C=CCC(=O)c1ccc(C(N)=O)cc1. The van der Waals surface area contributed by atoms with Crippen LogP contribution in [0.4, 0.5) is 0 Å². The molecule has 3 heteroatoms. The molecule has 0 bridgehead atoms. The second-order valence-corrected chi connectivity index (χ2v) is 2.86. The van der Waals surface area contributed by atoms with Crippen LogP contribution >= 0.6 is 0 Å². The number of Topliss-reactive ketones (excluding diaryl/α,β-unsaturated/α-hetero) is 1. The van der Waals surface area contributed by atoms with E-state index in [1.807, 2.05) is 0 Å². The number of allylic oxidation sites excluding steroid dienone is 1. The minimum Gasteiger partial charge on any atom is -0.366 e. The maximum atomic E-state index is 11.3. The number of nitrogens with two attached hydrogens (primary N) is 1. The van der Waals surface area contributed by atoms with Gasteiger partial charge in [-0.05, 0) is 12.1 Å². The molecule has 1 rings (SSSR count). The number of ketones is 1. The summed E-state index contributed by atoms with van der Waals surface area (Å²) in [6.07, 6.45) is 1.85. The van der Waals surface area contributed by atoms with Crippen LogP contribution in [-0.2, 0) is 0 Å². The van der Waals surface area contributed by atoms with Crippen molar-refractivity contribution in [3.05, 3.63) is 48.0 Å². The van der Waals surface area contributed by atoms with E-state index in [0.717, 1.165) is 0 Å². The van der Waals surface area contributed by atoms with E-state index in [2.05, 4.69) is 6.58 Å². The number of rotatable bonds is 4. The van der Waals surface area contributed by atoms with E-state index >= 15 is 0 Å². The summed E-state index contributed by atoms with van der Waals surface area (Å²) >= 11 is 0. The molecule has 0 aliphatic rings. The molecule has 72 valence electrons. The lowest BCUT2D eigenvalue weighted by Crippen LogP contribution is -2.10. The van der Waals surface area contributed by atoms with Crippen LogP contribution in [0.5, 0.6) is 0 Å². The molecule has 0 saturated heterocycles. The van der Waals surface area contributed by atoms with Crippen LogP contribution < -0.4 is 5.73 Å². The van der Waals surface area contributed by atoms with Crippen LogP contribution in [0.1, 0.15) is 27.1 Å². The Morgan fingerprint density at radius 3 is 2.14 bits per heavy atom. The summed E-state index contributed by atoms with van der Waals surface area (Å²) in [6, 6.07) is 6.26. The minimum absolute atomic E-state index is 0.0176. The third-order valence-electron chi connectivity index (χ3n) is 1.82. The van der Waals surface area contributed by atoms with E-state index in [9.17, 15) is 9.59 Å². The van der Waals surface area contributed by atoms with E-state index in [-0.39, 0.29) is 5.78 Å². The molecule has 0 spiro atoms. The fraction of sp³-hybridized carbons (Fsp3) is 0.0909. The summed E-state index contributed by atoms with van der Waals surface area (Å²) < 4.78 is 0. The summed E-state index contributed by atoms with van der Waals surface area (Å²) in [4.78, 5) is 22.1. The zero-order chi connectivity index (χ0) is 10.6. The van der Waals surface area contributed by atoms with E-state index in [1.165, 1.54) is 0 Å². The van der Waals surface area contributed by atoms with Gasteiger partial charge in [-0.25, -0.2) is 0 Å². The van der Waals surface area contributed by atoms with Gasteiger partial charge in [0.25, 0.3) is 0 Å². The first-order valence-electron chi connectivity index (χ1n) is 4.19. The smallest absolute Gasteiger partial charge is 0.248 e. The van der Waals surface area contributed by atoms with Crippen LogP contribution in [-0.4, -0.2) is 11.7 Å². The van der Waals surface area contributed by atoms with Crippen LogP contribution in [0.2, 0.25) is 0 Å². The van der Waals surface area contributed by atoms with Gasteiger partial charge in [0.1, 0.15) is 0 Å². The maximum Gasteiger partial charge on any atom is 0.248 e. The quantitative estimate of drug-likeness (QED) is 0.577. The zero-order valence-electron chi connectivity index (χ0n) is 7.69. The lowest BCUT2D eigenvalue weighted by Gasteiger charge is -1.98. The molecule has 1 aromatic rings. The average Bonchev–Trinajstić information content (AvgIpc) is 2.18. The highest BCUT2D eigenvalue weighted by Gasteiger charge is 2.04. The van der Waals surface area contributed by atoms with E-state index in [1.54, 1.807) is 30.3 Å². The molecule has 0 aliphatic carbocycles. The van der Waals surface area contributed by atoms with Gasteiger partial charge in [0.2, 0.25) is 5.91 Å².